The van der Waals surface area contributed by atoms with Crippen LogP contribution < -0.4 is 0 Å². The summed E-state index contributed by atoms with van der Waals surface area (Å²) in [6.45, 7) is 4.13. The number of phenols is 2. The van der Waals surface area contributed by atoms with Gasteiger partial charge in [0.1, 0.15) is 17.8 Å². The lowest BCUT2D eigenvalue weighted by Gasteiger charge is -2.19. The van der Waals surface area contributed by atoms with Crippen LogP contribution in [-0.4, -0.2) is 16.5 Å². The predicted octanol–water partition coefficient (Wildman–Crippen LogP) is 3.55. The lowest BCUT2D eigenvalue weighted by atomic mass is 9.85. The summed E-state index contributed by atoms with van der Waals surface area (Å²) in [6, 6.07) is 12.0. The van der Waals surface area contributed by atoms with Gasteiger partial charge in [0.05, 0.1) is 5.92 Å². The number of aldehydes is 1. The van der Waals surface area contributed by atoms with Crippen LogP contribution in [0.15, 0.2) is 42.5 Å². The molecule has 0 bridgehead atoms. The van der Waals surface area contributed by atoms with Gasteiger partial charge in [-0.1, -0.05) is 44.2 Å². The molecule has 0 radical (unpaired) electrons. The highest BCUT2D eigenvalue weighted by atomic mass is 16.3. The van der Waals surface area contributed by atoms with Crippen LogP contribution in [0.3, 0.4) is 0 Å². The lowest BCUT2D eigenvalue weighted by molar-refractivity contribution is -0.108. The minimum absolute atomic E-state index is 0.0203. The van der Waals surface area contributed by atoms with Crippen molar-refractivity contribution in [2.45, 2.75) is 25.7 Å². The van der Waals surface area contributed by atoms with Crippen LogP contribution in [0.25, 0.3) is 0 Å². The SMILES string of the molecule is CC(C)c1ccccc1[C@H](C=O)c1ccc(O)cc1O. The van der Waals surface area contributed by atoms with Crippen molar-refractivity contribution < 1.29 is 15.0 Å². The number of hydrogen-bond acceptors (Lipinski definition) is 3. The van der Waals surface area contributed by atoms with E-state index in [1.165, 1.54) is 12.1 Å². The van der Waals surface area contributed by atoms with Crippen LogP contribution in [0.4, 0.5) is 0 Å². The number of aromatic hydroxyl groups is 2. The van der Waals surface area contributed by atoms with Gasteiger partial charge in [0.2, 0.25) is 0 Å². The van der Waals surface area contributed by atoms with E-state index in [2.05, 4.69) is 13.8 Å². The van der Waals surface area contributed by atoms with Gasteiger partial charge in [-0.25, -0.2) is 0 Å². The number of carbonyl (C=O) groups excluding carboxylic acids is 1. The zero-order valence-corrected chi connectivity index (χ0v) is 11.6. The van der Waals surface area contributed by atoms with E-state index in [9.17, 15) is 15.0 Å². The van der Waals surface area contributed by atoms with E-state index in [4.69, 9.17) is 0 Å². The summed E-state index contributed by atoms with van der Waals surface area (Å²) >= 11 is 0. The molecular formula is C17H18O3. The van der Waals surface area contributed by atoms with Gasteiger partial charge in [0.15, 0.2) is 0 Å². The third-order valence-electron chi connectivity index (χ3n) is 3.44. The molecule has 0 amide bonds. The van der Waals surface area contributed by atoms with Crippen molar-refractivity contribution in [2.24, 2.45) is 0 Å². The van der Waals surface area contributed by atoms with E-state index in [1.807, 2.05) is 24.3 Å². The van der Waals surface area contributed by atoms with E-state index >= 15 is 0 Å². The zero-order valence-electron chi connectivity index (χ0n) is 11.6. The van der Waals surface area contributed by atoms with Gasteiger partial charge in [0.25, 0.3) is 0 Å². The van der Waals surface area contributed by atoms with Gasteiger partial charge in [-0.05, 0) is 23.1 Å². The van der Waals surface area contributed by atoms with Crippen LogP contribution in [0.1, 0.15) is 42.4 Å². The van der Waals surface area contributed by atoms with E-state index < -0.39 is 5.92 Å². The Morgan fingerprint density at radius 1 is 0.950 bits per heavy atom. The Morgan fingerprint density at radius 3 is 2.15 bits per heavy atom. The number of phenolic OH excluding ortho intramolecular Hbond substituents is 2. The quantitative estimate of drug-likeness (QED) is 0.835. The first-order valence-corrected chi connectivity index (χ1v) is 6.60. The first-order valence-electron chi connectivity index (χ1n) is 6.60. The Morgan fingerprint density at radius 2 is 1.60 bits per heavy atom. The monoisotopic (exact) mass is 270 g/mol. The maximum absolute atomic E-state index is 11.5. The molecule has 0 aliphatic heterocycles. The average molecular weight is 270 g/mol. The summed E-state index contributed by atoms with van der Waals surface area (Å²) in [7, 11) is 0. The minimum Gasteiger partial charge on any atom is -0.508 e. The molecule has 0 saturated carbocycles. The number of hydrogen-bond donors (Lipinski definition) is 2. The molecule has 0 aromatic heterocycles. The Balaban J connectivity index is 2.55. The summed E-state index contributed by atoms with van der Waals surface area (Å²) in [6.07, 6.45) is 0.827. The topological polar surface area (TPSA) is 57.5 Å². The fourth-order valence-corrected chi connectivity index (χ4v) is 2.43. The summed E-state index contributed by atoms with van der Waals surface area (Å²) in [5.41, 5.74) is 2.47. The van der Waals surface area contributed by atoms with Crippen LogP contribution in [-0.2, 0) is 4.79 Å². The maximum atomic E-state index is 11.5. The van der Waals surface area contributed by atoms with Gasteiger partial charge < -0.3 is 15.0 Å². The normalized spacial score (nSPS) is 12.3. The number of benzene rings is 2. The third-order valence-corrected chi connectivity index (χ3v) is 3.44. The van der Waals surface area contributed by atoms with Gasteiger partial charge in [-0.3, -0.25) is 0 Å². The van der Waals surface area contributed by atoms with Gasteiger partial charge >= 0.3 is 0 Å². The van der Waals surface area contributed by atoms with Gasteiger partial charge in [-0.15, -0.1) is 0 Å². The lowest BCUT2D eigenvalue weighted by Crippen LogP contribution is -2.07. The Labute approximate surface area is 118 Å². The van der Waals surface area contributed by atoms with Gasteiger partial charge in [0, 0.05) is 11.6 Å². The van der Waals surface area contributed by atoms with Crippen molar-refractivity contribution >= 4 is 6.29 Å². The smallest absolute Gasteiger partial charge is 0.132 e. The first kappa shape index (κ1) is 14.1. The molecular weight excluding hydrogens is 252 g/mol. The number of rotatable bonds is 4. The molecule has 2 aromatic carbocycles. The molecule has 3 heteroatoms. The standard InChI is InChI=1S/C17H18O3/c1-11(2)13-5-3-4-6-14(13)16(10-18)15-8-7-12(19)9-17(15)20/h3-11,16,19-20H,1-2H3/t16-/m0/s1. The Hall–Kier alpha value is -2.29. The van der Waals surface area contributed by atoms with Crippen molar-refractivity contribution in [2.75, 3.05) is 0 Å². The molecule has 2 rings (SSSR count). The summed E-state index contributed by atoms with van der Waals surface area (Å²) in [4.78, 5) is 11.5. The van der Waals surface area contributed by atoms with E-state index in [1.54, 1.807) is 6.07 Å². The Bertz CT molecular complexity index is 617. The zero-order chi connectivity index (χ0) is 14.7. The second kappa shape index (κ2) is 5.78. The highest BCUT2D eigenvalue weighted by molar-refractivity contribution is 5.71. The van der Waals surface area contributed by atoms with Crippen molar-refractivity contribution in [1.29, 1.82) is 0 Å². The van der Waals surface area contributed by atoms with Gasteiger partial charge in [-0.2, -0.15) is 0 Å². The van der Waals surface area contributed by atoms with Crippen molar-refractivity contribution in [3.63, 3.8) is 0 Å². The van der Waals surface area contributed by atoms with Crippen LogP contribution in [0.5, 0.6) is 11.5 Å². The summed E-state index contributed by atoms with van der Waals surface area (Å²) in [5.74, 6) is -0.337. The first-order chi connectivity index (χ1) is 9.54. The van der Waals surface area contributed by atoms with Crippen LogP contribution >= 0.6 is 0 Å². The molecule has 0 saturated heterocycles. The highest BCUT2D eigenvalue weighted by Gasteiger charge is 2.20. The minimum atomic E-state index is -0.533. The van der Waals surface area contributed by atoms with Crippen molar-refractivity contribution in [1.82, 2.24) is 0 Å². The molecule has 2 N–H and O–H groups in total. The Kier molecular flexibility index (Phi) is 4.08. The molecule has 0 heterocycles. The molecule has 1 atom stereocenters. The van der Waals surface area contributed by atoms with Crippen molar-refractivity contribution in [3.8, 4) is 11.5 Å². The van der Waals surface area contributed by atoms with Crippen LogP contribution in [0, 0.1) is 0 Å². The predicted molar refractivity (Wildman–Crippen MR) is 78.2 cm³/mol. The summed E-state index contributed by atoms with van der Waals surface area (Å²) in [5, 5.41) is 19.3. The highest BCUT2D eigenvalue weighted by Crippen LogP contribution is 2.35. The number of carbonyl (C=O) groups is 1. The molecule has 2 aromatic rings. The molecule has 3 nitrogen and oxygen atoms in total. The maximum Gasteiger partial charge on any atom is 0.132 e. The molecule has 20 heavy (non-hydrogen) atoms. The van der Waals surface area contributed by atoms with Crippen molar-refractivity contribution in [3.05, 3.63) is 59.2 Å². The molecule has 0 fully saturated rings. The molecule has 0 spiro atoms. The summed E-state index contributed by atoms with van der Waals surface area (Å²) < 4.78 is 0. The van der Waals surface area contributed by atoms with E-state index in [0.717, 1.165) is 17.4 Å². The fourth-order valence-electron chi connectivity index (χ4n) is 2.43. The third kappa shape index (κ3) is 2.67. The molecule has 0 aliphatic rings. The largest absolute Gasteiger partial charge is 0.508 e. The molecule has 104 valence electrons. The molecule has 0 aliphatic carbocycles. The second-order valence-electron chi connectivity index (χ2n) is 5.14. The fraction of sp³-hybridized carbons (Fsp3) is 0.235. The molecule has 0 unspecified atom stereocenters. The average Bonchev–Trinajstić information content (AvgIpc) is 2.42. The van der Waals surface area contributed by atoms with E-state index in [-0.39, 0.29) is 17.4 Å². The van der Waals surface area contributed by atoms with E-state index in [0.29, 0.717) is 5.56 Å². The van der Waals surface area contributed by atoms with Crippen LogP contribution in [0.2, 0.25) is 0 Å². The second-order valence-corrected chi connectivity index (χ2v) is 5.14.